The van der Waals surface area contributed by atoms with E-state index in [1.807, 2.05) is 44.2 Å². The van der Waals surface area contributed by atoms with Gasteiger partial charge in [0.2, 0.25) is 5.91 Å². The summed E-state index contributed by atoms with van der Waals surface area (Å²) >= 11 is 0.890. The zero-order valence-electron chi connectivity index (χ0n) is 18.6. The van der Waals surface area contributed by atoms with Crippen LogP contribution in [-0.4, -0.2) is 58.2 Å². The lowest BCUT2D eigenvalue weighted by molar-refractivity contribution is -0.136. The van der Waals surface area contributed by atoms with Crippen LogP contribution >= 0.6 is 11.8 Å². The fraction of sp³-hybridized carbons (Fsp3) is 0.375. The highest BCUT2D eigenvalue weighted by molar-refractivity contribution is 8.18. The monoisotopic (exact) mass is 453 g/mol. The molecule has 4 rings (SSSR count). The van der Waals surface area contributed by atoms with Gasteiger partial charge in [0.05, 0.1) is 12.0 Å². The normalized spacial score (nSPS) is 18.0. The molecule has 2 fully saturated rings. The number of aromatic nitrogens is 1. The smallest absolute Gasteiger partial charge is 0.294 e. The van der Waals surface area contributed by atoms with Gasteiger partial charge < -0.3 is 14.2 Å². The third-order valence-electron chi connectivity index (χ3n) is 5.94. The van der Waals surface area contributed by atoms with Crippen LogP contribution < -0.4 is 4.74 Å². The SMILES string of the molecule is COc1cccc(-n2c(C)cc(/C=C3/SC(=O)N(CC(=O)N4CCCCC4)C3=O)c2C)c1. The largest absolute Gasteiger partial charge is 0.497 e. The van der Waals surface area contributed by atoms with Crippen molar-refractivity contribution in [2.45, 2.75) is 33.1 Å². The van der Waals surface area contributed by atoms with Crippen molar-refractivity contribution in [3.63, 3.8) is 0 Å². The molecular formula is C24H27N3O4S. The highest BCUT2D eigenvalue weighted by Gasteiger charge is 2.37. The van der Waals surface area contributed by atoms with Gasteiger partial charge in [-0.15, -0.1) is 0 Å². The number of piperidine rings is 1. The van der Waals surface area contributed by atoms with Gasteiger partial charge in [0.25, 0.3) is 11.1 Å². The summed E-state index contributed by atoms with van der Waals surface area (Å²) in [6.07, 6.45) is 4.80. The number of methoxy groups -OCH3 is 1. The minimum atomic E-state index is -0.406. The second-order valence-electron chi connectivity index (χ2n) is 8.07. The van der Waals surface area contributed by atoms with Crippen LogP contribution in [0.15, 0.2) is 35.2 Å². The third kappa shape index (κ3) is 4.32. The van der Waals surface area contributed by atoms with Crippen LogP contribution in [0.25, 0.3) is 11.8 Å². The van der Waals surface area contributed by atoms with E-state index >= 15 is 0 Å². The minimum Gasteiger partial charge on any atom is -0.497 e. The molecule has 0 aliphatic carbocycles. The molecule has 1 aromatic heterocycles. The van der Waals surface area contributed by atoms with Gasteiger partial charge in [0, 0.05) is 36.2 Å². The Labute approximate surface area is 192 Å². The number of carbonyl (C=O) groups excluding carboxylic acids is 3. The highest BCUT2D eigenvalue weighted by Crippen LogP contribution is 2.34. The Hall–Kier alpha value is -3.00. The Kier molecular flexibility index (Phi) is 6.41. The second kappa shape index (κ2) is 9.24. The Balaban J connectivity index is 1.56. The van der Waals surface area contributed by atoms with Crippen LogP contribution in [-0.2, 0) is 9.59 Å². The fourth-order valence-corrected chi connectivity index (χ4v) is 5.07. The van der Waals surface area contributed by atoms with Gasteiger partial charge in [-0.05, 0) is 74.7 Å². The first-order valence-electron chi connectivity index (χ1n) is 10.8. The van der Waals surface area contributed by atoms with Crippen molar-refractivity contribution in [1.82, 2.24) is 14.4 Å². The molecule has 7 nitrogen and oxygen atoms in total. The average Bonchev–Trinajstić information content (AvgIpc) is 3.23. The maximum atomic E-state index is 12.9. The van der Waals surface area contributed by atoms with Crippen molar-refractivity contribution in [2.75, 3.05) is 26.7 Å². The summed E-state index contributed by atoms with van der Waals surface area (Å²) in [6.45, 7) is 5.17. The van der Waals surface area contributed by atoms with E-state index < -0.39 is 11.1 Å². The van der Waals surface area contributed by atoms with Gasteiger partial charge in [-0.2, -0.15) is 0 Å². The summed E-state index contributed by atoms with van der Waals surface area (Å²) in [7, 11) is 1.63. The number of aryl methyl sites for hydroxylation is 1. The molecule has 32 heavy (non-hydrogen) atoms. The lowest BCUT2D eigenvalue weighted by atomic mass is 10.1. The molecule has 3 amide bonds. The number of thioether (sulfide) groups is 1. The van der Waals surface area contributed by atoms with Gasteiger partial charge in [-0.1, -0.05) is 6.07 Å². The van der Waals surface area contributed by atoms with Crippen LogP contribution in [0.1, 0.15) is 36.2 Å². The Morgan fingerprint density at radius 3 is 2.59 bits per heavy atom. The van der Waals surface area contributed by atoms with E-state index in [2.05, 4.69) is 4.57 Å². The number of rotatable bonds is 5. The van der Waals surface area contributed by atoms with Crippen LogP contribution in [0.5, 0.6) is 5.75 Å². The van der Waals surface area contributed by atoms with Crippen molar-refractivity contribution in [3.8, 4) is 11.4 Å². The lowest BCUT2D eigenvalue weighted by Crippen LogP contribution is -2.44. The van der Waals surface area contributed by atoms with Crippen LogP contribution in [0, 0.1) is 13.8 Å². The molecule has 0 atom stereocenters. The number of carbonyl (C=O) groups is 3. The van der Waals surface area contributed by atoms with Crippen LogP contribution in [0.4, 0.5) is 4.79 Å². The highest BCUT2D eigenvalue weighted by atomic mass is 32.2. The molecule has 0 N–H and O–H groups in total. The van der Waals surface area contributed by atoms with E-state index in [1.165, 1.54) is 0 Å². The van der Waals surface area contributed by atoms with E-state index in [-0.39, 0.29) is 12.5 Å². The van der Waals surface area contributed by atoms with Crippen molar-refractivity contribution in [1.29, 1.82) is 0 Å². The number of imide groups is 1. The standard InChI is InChI=1S/C24H27N3O4S/c1-16-12-18(17(2)27(16)19-8-7-9-20(14-19)31-3)13-21-23(29)26(24(30)32-21)15-22(28)25-10-5-4-6-11-25/h7-9,12-14H,4-6,10-11,15H2,1-3H3/b21-13+. The quantitative estimate of drug-likeness (QED) is 0.636. The summed E-state index contributed by atoms with van der Waals surface area (Å²) in [4.78, 5) is 41.1. The molecule has 0 spiro atoms. The first-order valence-corrected chi connectivity index (χ1v) is 11.6. The number of benzene rings is 1. The topological polar surface area (TPSA) is 71.8 Å². The second-order valence-corrected chi connectivity index (χ2v) is 9.07. The van der Waals surface area contributed by atoms with Crippen LogP contribution in [0.2, 0.25) is 0 Å². The van der Waals surface area contributed by atoms with Crippen molar-refractivity contribution >= 4 is 34.9 Å². The van der Waals surface area contributed by atoms with Gasteiger partial charge >= 0.3 is 0 Å². The van der Waals surface area contributed by atoms with Gasteiger partial charge in [-0.3, -0.25) is 19.3 Å². The fourth-order valence-electron chi connectivity index (χ4n) is 4.24. The predicted octanol–water partition coefficient (Wildman–Crippen LogP) is 4.15. The molecule has 0 radical (unpaired) electrons. The zero-order valence-corrected chi connectivity index (χ0v) is 19.4. The zero-order chi connectivity index (χ0) is 22.8. The Morgan fingerprint density at radius 2 is 1.88 bits per heavy atom. The summed E-state index contributed by atoms with van der Waals surface area (Å²) in [5.41, 5.74) is 3.77. The van der Waals surface area contributed by atoms with Crippen LogP contribution in [0.3, 0.4) is 0 Å². The van der Waals surface area contributed by atoms with E-state index in [1.54, 1.807) is 18.1 Å². The minimum absolute atomic E-state index is 0.163. The Bertz CT molecular complexity index is 1100. The molecule has 2 aliphatic heterocycles. The molecule has 1 aromatic carbocycles. The first kappa shape index (κ1) is 22.2. The Morgan fingerprint density at radius 1 is 1.12 bits per heavy atom. The lowest BCUT2D eigenvalue weighted by Gasteiger charge is -2.27. The molecule has 2 aromatic rings. The van der Waals surface area contributed by atoms with Gasteiger partial charge in [0.15, 0.2) is 0 Å². The van der Waals surface area contributed by atoms with E-state index in [0.29, 0.717) is 18.0 Å². The summed E-state index contributed by atoms with van der Waals surface area (Å²) < 4.78 is 7.42. The predicted molar refractivity (Wildman–Crippen MR) is 125 cm³/mol. The van der Waals surface area contributed by atoms with E-state index in [0.717, 1.165) is 64.3 Å². The molecule has 8 heteroatoms. The van der Waals surface area contributed by atoms with E-state index in [9.17, 15) is 14.4 Å². The number of ether oxygens (including phenoxy) is 1. The number of nitrogens with zero attached hydrogens (tertiary/aromatic N) is 3. The summed E-state index contributed by atoms with van der Waals surface area (Å²) in [6, 6.07) is 9.75. The summed E-state index contributed by atoms with van der Waals surface area (Å²) in [5, 5.41) is -0.395. The summed E-state index contributed by atoms with van der Waals surface area (Å²) in [5.74, 6) is 0.192. The van der Waals surface area contributed by atoms with Gasteiger partial charge in [-0.25, -0.2) is 0 Å². The number of hydrogen-bond donors (Lipinski definition) is 0. The molecule has 2 saturated heterocycles. The molecule has 2 aliphatic rings. The molecule has 168 valence electrons. The molecule has 0 unspecified atom stereocenters. The number of hydrogen-bond acceptors (Lipinski definition) is 5. The average molecular weight is 454 g/mol. The first-order chi connectivity index (χ1) is 15.4. The van der Waals surface area contributed by atoms with Crippen molar-refractivity contribution in [3.05, 3.63) is 52.2 Å². The number of likely N-dealkylation sites (tertiary alicyclic amines) is 1. The molecule has 3 heterocycles. The van der Waals surface area contributed by atoms with E-state index in [4.69, 9.17) is 4.74 Å². The maximum Gasteiger partial charge on any atom is 0.294 e. The maximum absolute atomic E-state index is 12.9. The van der Waals surface area contributed by atoms with Crippen molar-refractivity contribution < 1.29 is 19.1 Å². The molecular weight excluding hydrogens is 426 g/mol. The third-order valence-corrected chi connectivity index (χ3v) is 6.85. The number of amides is 3. The van der Waals surface area contributed by atoms with Crippen molar-refractivity contribution in [2.24, 2.45) is 0 Å². The van der Waals surface area contributed by atoms with Gasteiger partial charge in [0.1, 0.15) is 12.3 Å². The molecule has 0 saturated carbocycles. The molecule has 0 bridgehead atoms.